The second kappa shape index (κ2) is 7.13. The number of carbonyl (C=O) groups is 1. The van der Waals surface area contributed by atoms with Gasteiger partial charge >= 0.3 is 0 Å². The third kappa shape index (κ3) is 3.17. The zero-order valence-electron chi connectivity index (χ0n) is 12.3. The molecule has 2 N–H and O–H groups in total. The van der Waals surface area contributed by atoms with Gasteiger partial charge < -0.3 is 10.6 Å². The molecule has 0 spiro atoms. The molecule has 1 saturated heterocycles. The fourth-order valence-electron chi connectivity index (χ4n) is 2.90. The van der Waals surface area contributed by atoms with Gasteiger partial charge in [-0.1, -0.05) is 31.2 Å². The van der Waals surface area contributed by atoms with Gasteiger partial charge in [0.2, 0.25) is 0 Å². The van der Waals surface area contributed by atoms with E-state index in [4.69, 9.17) is 5.73 Å². The number of aryl methyl sites for hydroxylation is 1. The number of hydrogen-bond acceptors (Lipinski definition) is 5. The minimum atomic E-state index is 0.0773. The van der Waals surface area contributed by atoms with Gasteiger partial charge in [-0.25, -0.2) is 0 Å². The smallest absolute Gasteiger partial charge is 0.267 e. The normalized spacial score (nSPS) is 23.1. The number of aromatic nitrogens is 2. The summed E-state index contributed by atoms with van der Waals surface area (Å²) in [5.74, 6) is 0.774. The van der Waals surface area contributed by atoms with Gasteiger partial charge in [0, 0.05) is 19.1 Å². The molecule has 1 fully saturated rings. The lowest BCUT2D eigenvalue weighted by Gasteiger charge is -2.38. The van der Waals surface area contributed by atoms with Crippen LogP contribution in [0.25, 0.3) is 0 Å². The molecule has 1 amide bonds. The Morgan fingerprint density at radius 1 is 1.50 bits per heavy atom. The fraction of sp³-hybridized carbons (Fsp3) is 0.786. The van der Waals surface area contributed by atoms with Gasteiger partial charge in [-0.05, 0) is 36.7 Å². The van der Waals surface area contributed by atoms with Gasteiger partial charge in [-0.3, -0.25) is 4.79 Å². The highest BCUT2D eigenvalue weighted by atomic mass is 32.1. The molecular weight excluding hydrogens is 272 g/mol. The number of rotatable bonds is 5. The molecule has 1 aromatic heterocycles. The Morgan fingerprint density at radius 3 is 2.95 bits per heavy atom. The molecule has 2 atom stereocenters. The molecule has 0 saturated carbocycles. The Bertz CT molecular complexity index is 448. The minimum Gasteiger partial charge on any atom is -0.334 e. The predicted octanol–water partition coefficient (Wildman–Crippen LogP) is 2.08. The third-order valence-electron chi connectivity index (χ3n) is 4.17. The lowest BCUT2D eigenvalue weighted by Crippen LogP contribution is -2.49. The number of hydrogen-bond donors (Lipinski definition) is 1. The van der Waals surface area contributed by atoms with E-state index in [0.29, 0.717) is 17.3 Å². The van der Waals surface area contributed by atoms with Crippen molar-refractivity contribution in [2.75, 3.05) is 13.1 Å². The average molecular weight is 296 g/mol. The van der Waals surface area contributed by atoms with Crippen molar-refractivity contribution in [3.05, 3.63) is 10.6 Å². The van der Waals surface area contributed by atoms with Crippen LogP contribution in [0.3, 0.4) is 0 Å². The Kier molecular flexibility index (Phi) is 5.48. The summed E-state index contributed by atoms with van der Waals surface area (Å²) in [5, 5.41) is 4.09. The van der Waals surface area contributed by atoms with Crippen LogP contribution >= 0.6 is 11.5 Å². The molecule has 20 heavy (non-hydrogen) atoms. The summed E-state index contributed by atoms with van der Waals surface area (Å²) in [7, 11) is 0. The van der Waals surface area contributed by atoms with Crippen molar-refractivity contribution in [3.8, 4) is 0 Å². The topological polar surface area (TPSA) is 72.1 Å². The highest BCUT2D eigenvalue weighted by molar-refractivity contribution is 7.08. The predicted molar refractivity (Wildman–Crippen MR) is 80.8 cm³/mol. The molecule has 2 unspecified atom stereocenters. The van der Waals surface area contributed by atoms with Crippen LogP contribution in [0.4, 0.5) is 0 Å². The molecule has 2 heterocycles. The summed E-state index contributed by atoms with van der Waals surface area (Å²) >= 11 is 1.22. The first kappa shape index (κ1) is 15.4. The number of piperidine rings is 1. The zero-order chi connectivity index (χ0) is 14.5. The lowest BCUT2D eigenvalue weighted by molar-refractivity contribution is 0.0562. The number of nitrogens with zero attached hydrogens (tertiary/aromatic N) is 3. The van der Waals surface area contributed by atoms with E-state index in [9.17, 15) is 4.79 Å². The molecule has 0 radical (unpaired) electrons. The molecule has 112 valence electrons. The summed E-state index contributed by atoms with van der Waals surface area (Å²) < 4.78 is 3.95. The van der Waals surface area contributed by atoms with Crippen molar-refractivity contribution in [1.82, 2.24) is 14.5 Å². The highest BCUT2D eigenvalue weighted by Crippen LogP contribution is 2.27. The van der Waals surface area contributed by atoms with Crippen LogP contribution in [0, 0.1) is 5.92 Å². The standard InChI is InChI=1S/C14H24N4OS/c1-3-5-12-13(20-17-16-12)14(19)18-7-6-10(4-2)8-11(18)9-15/h10-11H,3-9,15H2,1-2H3. The van der Waals surface area contributed by atoms with Gasteiger partial charge in [0.25, 0.3) is 5.91 Å². The average Bonchev–Trinajstić information content (AvgIpc) is 2.94. The van der Waals surface area contributed by atoms with Crippen molar-refractivity contribution >= 4 is 17.4 Å². The highest BCUT2D eigenvalue weighted by Gasteiger charge is 2.32. The van der Waals surface area contributed by atoms with Crippen LogP contribution in [0.15, 0.2) is 0 Å². The van der Waals surface area contributed by atoms with E-state index in [0.717, 1.165) is 37.9 Å². The van der Waals surface area contributed by atoms with E-state index in [-0.39, 0.29) is 11.9 Å². The maximum atomic E-state index is 12.7. The molecule has 1 aliphatic heterocycles. The monoisotopic (exact) mass is 296 g/mol. The van der Waals surface area contributed by atoms with E-state index in [1.807, 2.05) is 4.90 Å². The molecule has 6 heteroatoms. The fourth-order valence-corrected chi connectivity index (χ4v) is 3.56. The van der Waals surface area contributed by atoms with Crippen molar-refractivity contribution in [2.45, 2.75) is 52.0 Å². The molecule has 2 rings (SSSR count). The van der Waals surface area contributed by atoms with Crippen LogP contribution in [-0.4, -0.2) is 39.5 Å². The Balaban J connectivity index is 2.13. The minimum absolute atomic E-state index is 0.0773. The Labute approximate surface area is 124 Å². The van der Waals surface area contributed by atoms with E-state index >= 15 is 0 Å². The largest absolute Gasteiger partial charge is 0.334 e. The Morgan fingerprint density at radius 2 is 2.30 bits per heavy atom. The van der Waals surface area contributed by atoms with Gasteiger partial charge in [0.1, 0.15) is 4.88 Å². The zero-order valence-corrected chi connectivity index (χ0v) is 13.2. The summed E-state index contributed by atoms with van der Waals surface area (Å²) in [5.41, 5.74) is 6.72. The van der Waals surface area contributed by atoms with Crippen LogP contribution in [0.1, 0.15) is 54.9 Å². The number of amides is 1. The van der Waals surface area contributed by atoms with Crippen molar-refractivity contribution in [3.63, 3.8) is 0 Å². The van der Waals surface area contributed by atoms with E-state index < -0.39 is 0 Å². The third-order valence-corrected chi connectivity index (χ3v) is 4.93. The quantitative estimate of drug-likeness (QED) is 0.903. The van der Waals surface area contributed by atoms with Crippen LogP contribution < -0.4 is 5.73 Å². The second-order valence-electron chi connectivity index (χ2n) is 5.49. The summed E-state index contributed by atoms with van der Waals surface area (Å²) in [6, 6.07) is 0.165. The van der Waals surface area contributed by atoms with Crippen molar-refractivity contribution in [2.24, 2.45) is 11.7 Å². The number of likely N-dealkylation sites (tertiary alicyclic amines) is 1. The molecule has 1 aliphatic rings. The van der Waals surface area contributed by atoms with E-state index in [2.05, 4.69) is 23.4 Å². The van der Waals surface area contributed by atoms with Crippen molar-refractivity contribution in [1.29, 1.82) is 0 Å². The second-order valence-corrected chi connectivity index (χ2v) is 6.24. The van der Waals surface area contributed by atoms with E-state index in [1.165, 1.54) is 18.0 Å². The summed E-state index contributed by atoms with van der Waals surface area (Å²) in [6.07, 6.45) is 5.06. The number of nitrogens with two attached hydrogens (primary N) is 1. The first-order valence-electron chi connectivity index (χ1n) is 7.53. The lowest BCUT2D eigenvalue weighted by atomic mass is 9.88. The van der Waals surface area contributed by atoms with Crippen LogP contribution in [-0.2, 0) is 6.42 Å². The van der Waals surface area contributed by atoms with Gasteiger partial charge in [0.15, 0.2) is 0 Å². The Hall–Kier alpha value is -1.01. The van der Waals surface area contributed by atoms with Crippen LogP contribution in [0.5, 0.6) is 0 Å². The molecular formula is C14H24N4OS. The SMILES string of the molecule is CCCc1nnsc1C(=O)N1CCC(CC)CC1CN. The first-order chi connectivity index (χ1) is 9.71. The maximum absolute atomic E-state index is 12.7. The van der Waals surface area contributed by atoms with Gasteiger partial charge in [-0.15, -0.1) is 5.10 Å². The van der Waals surface area contributed by atoms with Gasteiger partial charge in [-0.2, -0.15) is 0 Å². The molecule has 0 aliphatic carbocycles. The van der Waals surface area contributed by atoms with E-state index in [1.54, 1.807) is 0 Å². The maximum Gasteiger partial charge on any atom is 0.267 e. The summed E-state index contributed by atoms with van der Waals surface area (Å²) in [6.45, 7) is 5.64. The molecule has 5 nitrogen and oxygen atoms in total. The van der Waals surface area contributed by atoms with Gasteiger partial charge in [0.05, 0.1) is 5.69 Å². The first-order valence-corrected chi connectivity index (χ1v) is 8.30. The molecule has 1 aromatic rings. The molecule has 0 bridgehead atoms. The molecule has 0 aromatic carbocycles. The summed E-state index contributed by atoms with van der Waals surface area (Å²) in [4.78, 5) is 15.4. The number of carbonyl (C=O) groups excluding carboxylic acids is 1. The van der Waals surface area contributed by atoms with Crippen LogP contribution in [0.2, 0.25) is 0 Å². The van der Waals surface area contributed by atoms with Crippen molar-refractivity contribution < 1.29 is 4.79 Å².